The number of carbonyl (C=O) groups excluding carboxylic acids is 1. The zero-order valence-electron chi connectivity index (χ0n) is 12.4. The lowest BCUT2D eigenvalue weighted by Crippen LogP contribution is -2.35. The van der Waals surface area contributed by atoms with Crippen LogP contribution in [0.5, 0.6) is 0 Å². The van der Waals surface area contributed by atoms with Crippen LogP contribution < -0.4 is 5.32 Å². The standard InChI is InChI=1S/C15H22N2O3/c1-10-5-6-13(7-11(10)2)16-14(18)9-17(4)8-12(3)15(19)20/h5-7,12H,8-9H2,1-4H3,(H,16,18)(H,19,20). The van der Waals surface area contributed by atoms with Gasteiger partial charge in [0.25, 0.3) is 0 Å². The first-order chi connectivity index (χ1) is 9.29. The lowest BCUT2D eigenvalue weighted by Gasteiger charge is -2.18. The van der Waals surface area contributed by atoms with Crippen molar-refractivity contribution in [3.63, 3.8) is 0 Å². The van der Waals surface area contributed by atoms with Gasteiger partial charge in [-0.25, -0.2) is 0 Å². The first kappa shape index (κ1) is 16.2. The number of nitrogens with one attached hydrogen (secondary N) is 1. The van der Waals surface area contributed by atoms with Crippen molar-refractivity contribution in [3.8, 4) is 0 Å². The van der Waals surface area contributed by atoms with Crippen LogP contribution in [0.3, 0.4) is 0 Å². The van der Waals surface area contributed by atoms with Crippen LogP contribution in [0.25, 0.3) is 0 Å². The molecule has 0 saturated heterocycles. The van der Waals surface area contributed by atoms with Crippen molar-refractivity contribution in [1.29, 1.82) is 0 Å². The van der Waals surface area contributed by atoms with E-state index in [2.05, 4.69) is 5.32 Å². The van der Waals surface area contributed by atoms with Gasteiger partial charge in [0.15, 0.2) is 0 Å². The van der Waals surface area contributed by atoms with Gasteiger partial charge in [-0.3, -0.25) is 14.5 Å². The predicted octanol–water partition coefficient (Wildman–Crippen LogP) is 1.89. The normalized spacial score (nSPS) is 12.2. The number of carbonyl (C=O) groups is 2. The Hall–Kier alpha value is -1.88. The zero-order chi connectivity index (χ0) is 15.3. The van der Waals surface area contributed by atoms with Crippen molar-refractivity contribution in [1.82, 2.24) is 4.90 Å². The summed E-state index contributed by atoms with van der Waals surface area (Å²) < 4.78 is 0. The van der Waals surface area contributed by atoms with Crippen LogP contribution in [0.1, 0.15) is 18.1 Å². The van der Waals surface area contributed by atoms with Gasteiger partial charge in [0.1, 0.15) is 0 Å². The molecule has 0 bridgehead atoms. The summed E-state index contributed by atoms with van der Waals surface area (Å²) in [6, 6.07) is 5.74. The SMILES string of the molecule is Cc1ccc(NC(=O)CN(C)CC(C)C(=O)O)cc1C. The van der Waals surface area contributed by atoms with Gasteiger partial charge in [-0.2, -0.15) is 0 Å². The predicted molar refractivity (Wildman–Crippen MR) is 78.8 cm³/mol. The summed E-state index contributed by atoms with van der Waals surface area (Å²) in [4.78, 5) is 24.3. The Kier molecular flexibility index (Phi) is 5.70. The highest BCUT2D eigenvalue weighted by Crippen LogP contribution is 2.14. The Morgan fingerprint density at radius 3 is 2.50 bits per heavy atom. The lowest BCUT2D eigenvalue weighted by atomic mass is 10.1. The molecule has 5 nitrogen and oxygen atoms in total. The molecule has 1 aromatic carbocycles. The topological polar surface area (TPSA) is 69.6 Å². The Bertz CT molecular complexity index is 500. The number of likely N-dealkylation sites (N-methyl/N-ethyl adjacent to an activating group) is 1. The van der Waals surface area contributed by atoms with E-state index in [1.54, 1.807) is 18.9 Å². The highest BCUT2D eigenvalue weighted by atomic mass is 16.4. The third kappa shape index (κ3) is 5.01. The Morgan fingerprint density at radius 1 is 1.30 bits per heavy atom. The molecular weight excluding hydrogens is 256 g/mol. The maximum Gasteiger partial charge on any atom is 0.307 e. The highest BCUT2D eigenvalue weighted by Gasteiger charge is 2.15. The van der Waals surface area contributed by atoms with E-state index in [0.717, 1.165) is 11.3 Å². The van der Waals surface area contributed by atoms with Gasteiger partial charge >= 0.3 is 5.97 Å². The van der Waals surface area contributed by atoms with E-state index in [0.29, 0.717) is 6.54 Å². The summed E-state index contributed by atoms with van der Waals surface area (Å²) in [6.45, 7) is 6.15. The molecule has 5 heteroatoms. The molecule has 1 rings (SSSR count). The van der Waals surface area contributed by atoms with Gasteiger partial charge in [-0.15, -0.1) is 0 Å². The first-order valence-electron chi connectivity index (χ1n) is 6.58. The van der Waals surface area contributed by atoms with E-state index in [9.17, 15) is 9.59 Å². The molecule has 110 valence electrons. The monoisotopic (exact) mass is 278 g/mol. The fraction of sp³-hybridized carbons (Fsp3) is 0.467. The number of nitrogens with zero attached hydrogens (tertiary/aromatic N) is 1. The number of aryl methyl sites for hydroxylation is 2. The van der Waals surface area contributed by atoms with E-state index in [4.69, 9.17) is 5.11 Å². The largest absolute Gasteiger partial charge is 0.481 e. The van der Waals surface area contributed by atoms with Crippen LogP contribution in [0.2, 0.25) is 0 Å². The molecule has 0 aliphatic heterocycles. The number of hydrogen-bond acceptors (Lipinski definition) is 3. The summed E-state index contributed by atoms with van der Waals surface area (Å²) in [5.74, 6) is -1.49. The third-order valence-electron chi connectivity index (χ3n) is 3.21. The quantitative estimate of drug-likeness (QED) is 0.833. The van der Waals surface area contributed by atoms with Crippen molar-refractivity contribution in [2.24, 2.45) is 5.92 Å². The molecule has 0 saturated carbocycles. The summed E-state index contributed by atoms with van der Waals surface area (Å²) in [6.07, 6.45) is 0. The fourth-order valence-electron chi connectivity index (χ4n) is 1.87. The molecular formula is C15H22N2O3. The number of aliphatic carboxylic acids is 1. The average molecular weight is 278 g/mol. The molecule has 20 heavy (non-hydrogen) atoms. The van der Waals surface area contributed by atoms with Gasteiger partial charge in [-0.05, 0) is 44.2 Å². The Balaban J connectivity index is 2.50. The minimum Gasteiger partial charge on any atom is -0.481 e. The van der Waals surface area contributed by atoms with Crippen molar-refractivity contribution < 1.29 is 14.7 Å². The Morgan fingerprint density at radius 2 is 1.95 bits per heavy atom. The Labute approximate surface area is 119 Å². The van der Waals surface area contributed by atoms with E-state index in [1.807, 2.05) is 32.0 Å². The van der Waals surface area contributed by atoms with Gasteiger partial charge in [-0.1, -0.05) is 13.0 Å². The number of carboxylic acid groups (broad SMARTS) is 1. The molecule has 1 unspecified atom stereocenters. The summed E-state index contributed by atoms with van der Waals surface area (Å²) in [5, 5.41) is 11.6. The van der Waals surface area contributed by atoms with Crippen LogP contribution in [-0.2, 0) is 9.59 Å². The molecule has 0 aromatic heterocycles. The molecule has 0 aliphatic rings. The fourth-order valence-corrected chi connectivity index (χ4v) is 1.87. The van der Waals surface area contributed by atoms with E-state index in [1.165, 1.54) is 5.56 Å². The van der Waals surface area contributed by atoms with Crippen LogP contribution in [0.15, 0.2) is 18.2 Å². The molecule has 0 fully saturated rings. The van der Waals surface area contributed by atoms with Crippen LogP contribution in [0, 0.1) is 19.8 Å². The second-order valence-corrected chi connectivity index (χ2v) is 5.28. The second-order valence-electron chi connectivity index (χ2n) is 5.28. The molecule has 1 atom stereocenters. The number of carboxylic acids is 1. The van der Waals surface area contributed by atoms with Crippen molar-refractivity contribution >= 4 is 17.6 Å². The van der Waals surface area contributed by atoms with Crippen LogP contribution in [0.4, 0.5) is 5.69 Å². The maximum absolute atomic E-state index is 11.9. The molecule has 0 spiro atoms. The number of anilines is 1. The van der Waals surface area contributed by atoms with E-state index in [-0.39, 0.29) is 12.5 Å². The minimum absolute atomic E-state index is 0.145. The number of hydrogen-bond donors (Lipinski definition) is 2. The molecule has 0 radical (unpaired) electrons. The zero-order valence-corrected chi connectivity index (χ0v) is 12.4. The second kappa shape index (κ2) is 7.05. The third-order valence-corrected chi connectivity index (χ3v) is 3.21. The molecule has 0 heterocycles. The lowest BCUT2D eigenvalue weighted by molar-refractivity contribution is -0.141. The molecule has 2 N–H and O–H groups in total. The maximum atomic E-state index is 11.9. The van der Waals surface area contributed by atoms with Gasteiger partial charge < -0.3 is 10.4 Å². The number of rotatable bonds is 6. The van der Waals surface area contributed by atoms with Crippen LogP contribution >= 0.6 is 0 Å². The molecule has 0 aliphatic carbocycles. The average Bonchev–Trinajstić information content (AvgIpc) is 2.33. The van der Waals surface area contributed by atoms with E-state index < -0.39 is 11.9 Å². The summed E-state index contributed by atoms with van der Waals surface area (Å²) >= 11 is 0. The molecule has 1 amide bonds. The summed E-state index contributed by atoms with van der Waals surface area (Å²) in [5.41, 5.74) is 3.06. The van der Waals surface area contributed by atoms with Gasteiger partial charge in [0.05, 0.1) is 12.5 Å². The number of benzene rings is 1. The first-order valence-corrected chi connectivity index (χ1v) is 6.58. The van der Waals surface area contributed by atoms with Crippen LogP contribution in [-0.4, -0.2) is 42.0 Å². The van der Waals surface area contributed by atoms with Crippen molar-refractivity contribution in [2.75, 3.05) is 25.5 Å². The van der Waals surface area contributed by atoms with Gasteiger partial charge in [0, 0.05) is 12.2 Å². The smallest absolute Gasteiger partial charge is 0.307 e. The van der Waals surface area contributed by atoms with Gasteiger partial charge in [0.2, 0.25) is 5.91 Å². The van der Waals surface area contributed by atoms with Crippen molar-refractivity contribution in [2.45, 2.75) is 20.8 Å². The van der Waals surface area contributed by atoms with Crippen molar-refractivity contribution in [3.05, 3.63) is 29.3 Å². The highest BCUT2D eigenvalue weighted by molar-refractivity contribution is 5.92. The summed E-state index contributed by atoms with van der Waals surface area (Å²) in [7, 11) is 1.74. The van der Waals surface area contributed by atoms with E-state index >= 15 is 0 Å². The number of amides is 1. The molecule has 1 aromatic rings. The minimum atomic E-state index is -0.855.